The Labute approximate surface area is 116 Å². The summed E-state index contributed by atoms with van der Waals surface area (Å²) in [4.78, 5) is 18.7. The van der Waals surface area contributed by atoms with Crippen LogP contribution < -0.4 is 5.56 Å². The van der Waals surface area contributed by atoms with E-state index < -0.39 is 13.0 Å². The molecule has 0 amide bonds. The number of hydrogen-bond donors (Lipinski definition) is 1. The van der Waals surface area contributed by atoms with Crippen LogP contribution in [0.1, 0.15) is 30.3 Å². The van der Waals surface area contributed by atoms with E-state index in [1.807, 2.05) is 22.6 Å². The van der Waals surface area contributed by atoms with Crippen molar-refractivity contribution >= 4 is 22.6 Å². The van der Waals surface area contributed by atoms with Crippen molar-refractivity contribution in [3.63, 3.8) is 0 Å². The second-order valence-corrected chi connectivity index (χ2v) is 5.28. The van der Waals surface area contributed by atoms with Crippen molar-refractivity contribution < 1.29 is 13.5 Å². The largest absolute Gasteiger partial charge is 0.375 e. The number of aromatic nitrogens is 2. The smallest absolute Gasteiger partial charge is 0.264 e. The summed E-state index contributed by atoms with van der Waals surface area (Å²) in [6, 6.07) is 0. The van der Waals surface area contributed by atoms with Crippen LogP contribution in [0.4, 0.5) is 8.78 Å². The predicted molar refractivity (Wildman–Crippen MR) is 70.1 cm³/mol. The summed E-state index contributed by atoms with van der Waals surface area (Å²) < 4.78 is 29.1. The molecule has 0 aromatic carbocycles. The average Bonchev–Trinajstić information content (AvgIpc) is 3.12. The zero-order valence-electron chi connectivity index (χ0n) is 9.59. The van der Waals surface area contributed by atoms with Gasteiger partial charge >= 0.3 is 0 Å². The molecular formula is C11H13F2IN2O2. The Bertz CT molecular complexity index is 475. The highest BCUT2D eigenvalue weighted by atomic mass is 127. The lowest BCUT2D eigenvalue weighted by Crippen LogP contribution is -2.19. The molecule has 1 saturated carbocycles. The van der Waals surface area contributed by atoms with E-state index in [1.54, 1.807) is 0 Å². The first-order valence-corrected chi connectivity index (χ1v) is 6.80. The highest BCUT2D eigenvalue weighted by Gasteiger charge is 2.28. The SMILES string of the molecule is O=c1[nH]c(CCOCC(F)F)nc(C2CC2)c1I. The van der Waals surface area contributed by atoms with E-state index in [4.69, 9.17) is 4.74 Å². The van der Waals surface area contributed by atoms with Crippen LogP contribution in [0.3, 0.4) is 0 Å². The van der Waals surface area contributed by atoms with E-state index in [9.17, 15) is 13.6 Å². The molecule has 1 aliphatic rings. The van der Waals surface area contributed by atoms with Crippen molar-refractivity contribution in [2.45, 2.75) is 31.6 Å². The van der Waals surface area contributed by atoms with Gasteiger partial charge in [-0.25, -0.2) is 13.8 Å². The van der Waals surface area contributed by atoms with Crippen molar-refractivity contribution in [1.29, 1.82) is 0 Å². The van der Waals surface area contributed by atoms with Crippen LogP contribution in [0.2, 0.25) is 0 Å². The minimum atomic E-state index is -2.46. The second kappa shape index (κ2) is 6.05. The molecule has 0 bridgehead atoms. The Balaban J connectivity index is 1.98. The van der Waals surface area contributed by atoms with Crippen LogP contribution >= 0.6 is 22.6 Å². The highest BCUT2D eigenvalue weighted by Crippen LogP contribution is 2.40. The third kappa shape index (κ3) is 3.71. The van der Waals surface area contributed by atoms with Gasteiger partial charge in [-0.15, -0.1) is 0 Å². The Morgan fingerprint density at radius 1 is 1.50 bits per heavy atom. The number of nitrogens with one attached hydrogen (secondary N) is 1. The Morgan fingerprint density at radius 3 is 2.83 bits per heavy atom. The molecule has 18 heavy (non-hydrogen) atoms. The number of halogens is 3. The molecule has 0 unspecified atom stereocenters. The van der Waals surface area contributed by atoms with Crippen molar-refractivity contribution in [3.8, 4) is 0 Å². The standard InChI is InChI=1S/C11H13F2IN2O2/c12-7(13)5-18-4-3-8-15-10(6-1-2-6)9(14)11(17)16-8/h6-7H,1-5H2,(H,15,16,17). The van der Waals surface area contributed by atoms with E-state index in [-0.39, 0.29) is 12.2 Å². The normalized spacial score (nSPS) is 15.3. The zero-order valence-corrected chi connectivity index (χ0v) is 11.7. The zero-order chi connectivity index (χ0) is 13.1. The van der Waals surface area contributed by atoms with Gasteiger partial charge in [0.2, 0.25) is 0 Å². The molecule has 0 atom stereocenters. The van der Waals surface area contributed by atoms with Crippen LogP contribution in [0, 0.1) is 3.57 Å². The van der Waals surface area contributed by atoms with Gasteiger partial charge in [-0.1, -0.05) is 0 Å². The number of H-pyrrole nitrogens is 1. The number of ether oxygens (including phenoxy) is 1. The maximum absolute atomic E-state index is 11.9. The van der Waals surface area contributed by atoms with E-state index in [0.717, 1.165) is 18.5 Å². The fourth-order valence-electron chi connectivity index (χ4n) is 1.61. The first kappa shape index (κ1) is 13.9. The van der Waals surface area contributed by atoms with Gasteiger partial charge < -0.3 is 9.72 Å². The lowest BCUT2D eigenvalue weighted by Gasteiger charge is -2.06. The minimum Gasteiger partial charge on any atom is -0.375 e. The summed E-state index contributed by atoms with van der Waals surface area (Å²) >= 11 is 1.99. The molecule has 1 aromatic rings. The Morgan fingerprint density at radius 2 is 2.22 bits per heavy atom. The lowest BCUT2D eigenvalue weighted by atomic mass is 10.2. The number of alkyl halides is 2. The van der Waals surface area contributed by atoms with Gasteiger partial charge in [-0.05, 0) is 35.4 Å². The topological polar surface area (TPSA) is 55.0 Å². The Kier molecular flexibility index (Phi) is 4.66. The second-order valence-electron chi connectivity index (χ2n) is 4.20. The molecule has 1 aromatic heterocycles. The van der Waals surface area contributed by atoms with Crippen LogP contribution in [0.15, 0.2) is 4.79 Å². The summed E-state index contributed by atoms with van der Waals surface area (Å²) in [7, 11) is 0. The molecule has 1 fully saturated rings. The molecule has 7 heteroatoms. The molecule has 0 radical (unpaired) electrons. The van der Waals surface area contributed by atoms with Gasteiger partial charge in [-0.2, -0.15) is 0 Å². The van der Waals surface area contributed by atoms with Crippen LogP contribution in [-0.2, 0) is 11.2 Å². The molecular weight excluding hydrogens is 357 g/mol. The van der Waals surface area contributed by atoms with Crippen LogP contribution in [0.5, 0.6) is 0 Å². The summed E-state index contributed by atoms with van der Waals surface area (Å²) in [5.41, 5.74) is 0.680. The minimum absolute atomic E-state index is 0.137. The fraction of sp³-hybridized carbons (Fsp3) is 0.636. The molecule has 4 nitrogen and oxygen atoms in total. The van der Waals surface area contributed by atoms with Gasteiger partial charge in [-0.3, -0.25) is 4.79 Å². The summed E-state index contributed by atoms with van der Waals surface area (Å²) in [5, 5.41) is 0. The van der Waals surface area contributed by atoms with Gasteiger partial charge in [0, 0.05) is 12.3 Å². The van der Waals surface area contributed by atoms with Crippen LogP contribution in [-0.4, -0.2) is 29.6 Å². The molecule has 100 valence electrons. The average molecular weight is 370 g/mol. The molecule has 2 rings (SSSR count). The summed E-state index contributed by atoms with van der Waals surface area (Å²) in [5.74, 6) is 0.900. The fourth-order valence-corrected chi connectivity index (χ4v) is 2.31. The summed E-state index contributed by atoms with van der Waals surface area (Å²) in [6.07, 6.45) is 0.0101. The first-order valence-electron chi connectivity index (χ1n) is 5.72. The van der Waals surface area contributed by atoms with Crippen molar-refractivity contribution in [2.75, 3.05) is 13.2 Å². The number of nitrogens with zero attached hydrogens (tertiary/aromatic N) is 1. The Hall–Kier alpha value is -0.570. The maximum Gasteiger partial charge on any atom is 0.264 e. The van der Waals surface area contributed by atoms with Crippen LogP contribution in [0.25, 0.3) is 0 Å². The van der Waals surface area contributed by atoms with Crippen molar-refractivity contribution in [3.05, 3.63) is 25.4 Å². The molecule has 0 spiro atoms. The third-order valence-electron chi connectivity index (χ3n) is 2.63. The molecule has 1 N–H and O–H groups in total. The summed E-state index contributed by atoms with van der Waals surface area (Å²) in [6.45, 7) is -0.442. The van der Waals surface area contributed by atoms with Gasteiger partial charge in [0.05, 0.1) is 15.9 Å². The van der Waals surface area contributed by atoms with E-state index in [1.165, 1.54) is 0 Å². The number of hydrogen-bond acceptors (Lipinski definition) is 3. The third-order valence-corrected chi connectivity index (χ3v) is 3.67. The van der Waals surface area contributed by atoms with Crippen molar-refractivity contribution in [2.24, 2.45) is 0 Å². The van der Waals surface area contributed by atoms with E-state index in [2.05, 4.69) is 9.97 Å². The quantitative estimate of drug-likeness (QED) is 0.616. The van der Waals surface area contributed by atoms with Gasteiger partial charge in [0.15, 0.2) is 0 Å². The lowest BCUT2D eigenvalue weighted by molar-refractivity contribution is 0.0182. The first-order chi connectivity index (χ1) is 8.58. The molecule has 1 aliphatic carbocycles. The molecule has 0 aliphatic heterocycles. The predicted octanol–water partition coefficient (Wildman–Crippen LogP) is 2.08. The van der Waals surface area contributed by atoms with Crippen molar-refractivity contribution in [1.82, 2.24) is 9.97 Å². The van der Waals surface area contributed by atoms with E-state index in [0.29, 0.717) is 21.7 Å². The molecule has 0 saturated heterocycles. The van der Waals surface area contributed by atoms with Gasteiger partial charge in [0.25, 0.3) is 12.0 Å². The van der Waals surface area contributed by atoms with Gasteiger partial charge in [0.1, 0.15) is 12.4 Å². The maximum atomic E-state index is 11.9. The number of aromatic amines is 1. The monoisotopic (exact) mass is 370 g/mol. The van der Waals surface area contributed by atoms with E-state index >= 15 is 0 Å². The number of rotatable bonds is 6. The highest BCUT2D eigenvalue weighted by molar-refractivity contribution is 14.1. The molecule has 1 heterocycles.